The fraction of sp³-hybridized carbons (Fsp3) is 0.483. The lowest BCUT2D eigenvalue weighted by molar-refractivity contribution is -0.140. The maximum absolute atomic E-state index is 13.6. The molecule has 0 unspecified atom stereocenters. The van der Waals surface area contributed by atoms with Gasteiger partial charge in [-0.05, 0) is 49.9 Å². The van der Waals surface area contributed by atoms with Crippen LogP contribution in [0.25, 0.3) is 0 Å². The largest absolute Gasteiger partial charge is 0.368 e. The Hall–Kier alpha value is -3.03. The molecule has 0 aromatic heterocycles. The third-order valence-corrected chi connectivity index (χ3v) is 8.48. The summed E-state index contributed by atoms with van der Waals surface area (Å²) < 4.78 is 0. The monoisotopic (exact) mass is 488 g/mol. The van der Waals surface area contributed by atoms with Gasteiger partial charge in [-0.2, -0.15) is 0 Å². The number of likely N-dealkylation sites (tertiary alicyclic amines) is 3. The molecule has 190 valence electrons. The third kappa shape index (κ3) is 4.70. The summed E-state index contributed by atoms with van der Waals surface area (Å²) in [5.41, 5.74) is 7.47. The molecule has 2 N–H and O–H groups in total. The van der Waals surface area contributed by atoms with E-state index in [9.17, 15) is 14.4 Å². The quantitative estimate of drug-likeness (QED) is 0.606. The number of rotatable bonds is 7. The van der Waals surface area contributed by atoms with Crippen molar-refractivity contribution < 1.29 is 14.4 Å². The summed E-state index contributed by atoms with van der Waals surface area (Å²) in [6, 6.07) is 19.6. The van der Waals surface area contributed by atoms with E-state index in [-0.39, 0.29) is 30.1 Å². The summed E-state index contributed by atoms with van der Waals surface area (Å²) in [6.45, 7) is 3.32. The number of primary amides is 1. The van der Waals surface area contributed by atoms with Crippen LogP contribution in [0.4, 0.5) is 0 Å². The molecule has 3 saturated heterocycles. The molecule has 36 heavy (non-hydrogen) atoms. The molecule has 3 amide bonds. The van der Waals surface area contributed by atoms with E-state index in [1.807, 2.05) is 36.4 Å². The van der Waals surface area contributed by atoms with E-state index in [2.05, 4.69) is 34.1 Å². The molecule has 0 spiro atoms. The topological polar surface area (TPSA) is 87.0 Å². The van der Waals surface area contributed by atoms with Crippen molar-refractivity contribution >= 4 is 17.7 Å². The first-order valence-corrected chi connectivity index (χ1v) is 13.2. The lowest BCUT2D eigenvalue weighted by atomic mass is 9.83. The summed E-state index contributed by atoms with van der Waals surface area (Å²) in [6.07, 6.45) is 4.79. The van der Waals surface area contributed by atoms with E-state index in [4.69, 9.17) is 5.73 Å². The fourth-order valence-electron chi connectivity index (χ4n) is 6.35. The molecule has 0 radical (unpaired) electrons. The molecule has 0 saturated carbocycles. The van der Waals surface area contributed by atoms with E-state index in [1.165, 1.54) is 11.3 Å². The van der Waals surface area contributed by atoms with Crippen LogP contribution in [0.3, 0.4) is 0 Å². The number of piperidine rings is 2. The number of carbonyl (C=O) groups is 3. The third-order valence-electron chi connectivity index (χ3n) is 8.48. The average Bonchev–Trinajstić information content (AvgIpc) is 3.21. The Morgan fingerprint density at radius 1 is 0.861 bits per heavy atom. The smallest absolute Gasteiger partial charge is 0.247 e. The van der Waals surface area contributed by atoms with E-state index in [1.54, 1.807) is 0 Å². The highest BCUT2D eigenvalue weighted by atomic mass is 16.2. The molecule has 2 aromatic rings. The highest BCUT2D eigenvalue weighted by Gasteiger charge is 2.49. The molecule has 3 aliphatic heterocycles. The van der Waals surface area contributed by atoms with Gasteiger partial charge in [0.2, 0.25) is 17.7 Å². The van der Waals surface area contributed by atoms with Crippen molar-refractivity contribution in [3.05, 3.63) is 71.8 Å². The van der Waals surface area contributed by atoms with Crippen molar-refractivity contribution in [2.45, 2.75) is 56.0 Å². The standard InChI is InChI=1S/C29H36N4O3/c30-28(36)29(32-16-8-3-9-17-32)14-18-31(19-15-29)25-20-26(34)33(27(25)35)21-24(22-10-4-1-5-11-22)23-12-6-2-7-13-23/h1-2,4-7,10-13,24-25H,3,8-9,14-21H2,(H2,30,36)/t25-/m0/s1. The predicted molar refractivity (Wildman–Crippen MR) is 138 cm³/mol. The summed E-state index contributed by atoms with van der Waals surface area (Å²) in [5.74, 6) is -0.582. The molecular formula is C29H36N4O3. The van der Waals surface area contributed by atoms with Crippen LogP contribution >= 0.6 is 0 Å². The summed E-state index contributed by atoms with van der Waals surface area (Å²) >= 11 is 0. The first-order valence-electron chi connectivity index (χ1n) is 13.2. The first-order chi connectivity index (χ1) is 17.5. The maximum atomic E-state index is 13.6. The van der Waals surface area contributed by atoms with E-state index < -0.39 is 11.6 Å². The zero-order chi connectivity index (χ0) is 25.1. The first kappa shape index (κ1) is 24.7. The average molecular weight is 489 g/mol. The van der Waals surface area contributed by atoms with Gasteiger partial charge >= 0.3 is 0 Å². The van der Waals surface area contributed by atoms with E-state index >= 15 is 0 Å². The number of nitrogens with zero attached hydrogens (tertiary/aromatic N) is 3. The van der Waals surface area contributed by atoms with Crippen LogP contribution in [-0.2, 0) is 14.4 Å². The molecule has 0 aliphatic carbocycles. The molecule has 2 aromatic carbocycles. The van der Waals surface area contributed by atoms with Crippen molar-refractivity contribution in [2.24, 2.45) is 5.73 Å². The van der Waals surface area contributed by atoms with Crippen LogP contribution < -0.4 is 5.73 Å². The molecule has 5 rings (SSSR count). The van der Waals surface area contributed by atoms with Gasteiger partial charge in [-0.25, -0.2) is 0 Å². The van der Waals surface area contributed by atoms with Crippen LogP contribution in [0, 0.1) is 0 Å². The zero-order valence-electron chi connectivity index (χ0n) is 20.9. The Morgan fingerprint density at radius 2 is 1.42 bits per heavy atom. The Bertz CT molecular complexity index is 1040. The number of hydrogen-bond donors (Lipinski definition) is 1. The summed E-state index contributed by atoms with van der Waals surface area (Å²) in [4.78, 5) is 45.1. The minimum absolute atomic E-state index is 0.0815. The fourth-order valence-corrected chi connectivity index (χ4v) is 6.35. The number of hydrogen-bond acceptors (Lipinski definition) is 5. The maximum Gasteiger partial charge on any atom is 0.247 e. The molecule has 3 heterocycles. The van der Waals surface area contributed by atoms with E-state index in [0.29, 0.717) is 32.5 Å². The van der Waals surface area contributed by atoms with Crippen LogP contribution in [-0.4, -0.2) is 76.7 Å². The van der Waals surface area contributed by atoms with Crippen LogP contribution in [0.2, 0.25) is 0 Å². The van der Waals surface area contributed by atoms with Gasteiger partial charge in [0.1, 0.15) is 5.54 Å². The molecule has 1 atom stereocenters. The van der Waals surface area contributed by atoms with Gasteiger partial charge in [-0.1, -0.05) is 67.1 Å². The van der Waals surface area contributed by atoms with Gasteiger partial charge < -0.3 is 5.73 Å². The normalized spacial score (nSPS) is 23.4. The Labute approximate surface area is 213 Å². The molecular weight excluding hydrogens is 452 g/mol. The number of amides is 3. The Balaban J connectivity index is 1.30. The van der Waals surface area contributed by atoms with Crippen molar-refractivity contribution in [3.8, 4) is 0 Å². The number of benzene rings is 2. The van der Waals surface area contributed by atoms with Crippen LogP contribution in [0.1, 0.15) is 55.6 Å². The molecule has 3 fully saturated rings. The summed E-state index contributed by atoms with van der Waals surface area (Å²) in [7, 11) is 0. The Kier molecular flexibility index (Phi) is 7.21. The van der Waals surface area contributed by atoms with Gasteiger partial charge in [-0.15, -0.1) is 0 Å². The number of nitrogens with two attached hydrogens (primary N) is 1. The van der Waals surface area contributed by atoms with Gasteiger partial charge in [0.05, 0.1) is 12.5 Å². The number of imide groups is 1. The van der Waals surface area contributed by atoms with E-state index in [0.717, 1.165) is 37.1 Å². The summed E-state index contributed by atoms with van der Waals surface area (Å²) in [5, 5.41) is 0. The van der Waals surface area contributed by atoms with Gasteiger partial charge in [0.25, 0.3) is 0 Å². The SMILES string of the molecule is NC(=O)C1(N2CCCCC2)CCN([C@H]2CC(=O)N(CC(c3ccccc3)c3ccccc3)C2=O)CC1. The molecule has 3 aliphatic rings. The van der Waals surface area contributed by atoms with Crippen molar-refractivity contribution in [1.29, 1.82) is 0 Å². The van der Waals surface area contributed by atoms with Gasteiger partial charge in [0, 0.05) is 25.6 Å². The molecule has 7 heteroatoms. The van der Waals surface area contributed by atoms with Crippen LogP contribution in [0.5, 0.6) is 0 Å². The lowest BCUT2D eigenvalue weighted by Gasteiger charge is -2.48. The highest BCUT2D eigenvalue weighted by Crippen LogP contribution is 2.35. The molecule has 0 bridgehead atoms. The lowest BCUT2D eigenvalue weighted by Crippen LogP contribution is -2.64. The van der Waals surface area contributed by atoms with Gasteiger partial charge in [-0.3, -0.25) is 29.1 Å². The van der Waals surface area contributed by atoms with Gasteiger partial charge in [0.15, 0.2) is 0 Å². The highest BCUT2D eigenvalue weighted by molar-refractivity contribution is 6.05. The second-order valence-electron chi connectivity index (χ2n) is 10.4. The van der Waals surface area contributed by atoms with Crippen LogP contribution in [0.15, 0.2) is 60.7 Å². The molecule has 7 nitrogen and oxygen atoms in total. The van der Waals surface area contributed by atoms with Crippen molar-refractivity contribution in [3.63, 3.8) is 0 Å². The van der Waals surface area contributed by atoms with Crippen molar-refractivity contribution in [1.82, 2.24) is 14.7 Å². The second kappa shape index (κ2) is 10.5. The minimum Gasteiger partial charge on any atom is -0.368 e. The second-order valence-corrected chi connectivity index (χ2v) is 10.4. The minimum atomic E-state index is -0.631. The Morgan fingerprint density at radius 3 is 1.94 bits per heavy atom. The number of carbonyl (C=O) groups excluding carboxylic acids is 3. The zero-order valence-corrected chi connectivity index (χ0v) is 20.9. The van der Waals surface area contributed by atoms with Crippen molar-refractivity contribution in [2.75, 3.05) is 32.7 Å². The predicted octanol–water partition coefficient (Wildman–Crippen LogP) is 2.75.